The second-order valence-corrected chi connectivity index (χ2v) is 6.18. The molecule has 0 amide bonds. The molecule has 0 saturated carbocycles. The van der Waals surface area contributed by atoms with Crippen LogP contribution in [-0.4, -0.2) is 26.8 Å². The highest BCUT2D eigenvalue weighted by Gasteiger charge is 2.10. The molecule has 0 heterocycles. The molecule has 0 aliphatic heterocycles. The van der Waals surface area contributed by atoms with Crippen molar-refractivity contribution in [1.82, 2.24) is 0 Å². The molecule has 0 aliphatic rings. The number of allylic oxidation sites excluding steroid dienone is 1. The second kappa shape index (κ2) is 11.1. The normalized spacial score (nSPS) is 11.1. The lowest BCUT2D eigenvalue weighted by Gasteiger charge is -2.12. The van der Waals surface area contributed by atoms with Gasteiger partial charge in [0.2, 0.25) is 0 Å². The van der Waals surface area contributed by atoms with Gasteiger partial charge in [0, 0.05) is 6.08 Å². The molecule has 0 aromatic heterocycles. The first kappa shape index (κ1) is 20.6. The standard InChI is InChI=1S/C23H28O4/c1-4-27-23(24)17-19(13-9-8-12-18-10-6-5-7-11-18)20-14-15-21(25-2)22(16-20)26-3/h5-7,10-11,14-17H,4,8-9,12-13H2,1-3H3. The fraction of sp³-hybridized carbons (Fsp3) is 0.348. The number of aryl methyl sites for hydroxylation is 1. The van der Waals surface area contributed by atoms with Gasteiger partial charge in [-0.05, 0) is 61.4 Å². The van der Waals surface area contributed by atoms with E-state index >= 15 is 0 Å². The Morgan fingerprint density at radius 3 is 2.37 bits per heavy atom. The summed E-state index contributed by atoms with van der Waals surface area (Å²) < 4.78 is 15.8. The average molecular weight is 368 g/mol. The highest BCUT2D eigenvalue weighted by molar-refractivity contribution is 5.91. The first-order valence-electron chi connectivity index (χ1n) is 9.31. The van der Waals surface area contributed by atoms with Gasteiger partial charge >= 0.3 is 5.97 Å². The number of carbonyl (C=O) groups excluding carboxylic acids is 1. The average Bonchev–Trinajstić information content (AvgIpc) is 2.70. The van der Waals surface area contributed by atoms with Crippen molar-refractivity contribution in [2.24, 2.45) is 0 Å². The number of rotatable bonds is 10. The molecule has 0 fully saturated rings. The Bertz CT molecular complexity index is 750. The van der Waals surface area contributed by atoms with Gasteiger partial charge in [-0.3, -0.25) is 0 Å². The van der Waals surface area contributed by atoms with Crippen LogP contribution in [0.4, 0.5) is 0 Å². The maximum absolute atomic E-state index is 12.0. The molecule has 0 unspecified atom stereocenters. The van der Waals surface area contributed by atoms with Crippen LogP contribution in [0.1, 0.15) is 37.3 Å². The first-order chi connectivity index (χ1) is 13.2. The van der Waals surface area contributed by atoms with E-state index in [2.05, 4.69) is 24.3 Å². The molecule has 0 bridgehead atoms. The zero-order valence-corrected chi connectivity index (χ0v) is 16.4. The molecule has 0 aliphatic carbocycles. The third kappa shape index (κ3) is 6.48. The summed E-state index contributed by atoms with van der Waals surface area (Å²) in [6, 6.07) is 16.1. The maximum atomic E-state index is 12.0. The Hall–Kier alpha value is -2.75. The van der Waals surface area contributed by atoms with Gasteiger partial charge in [-0.1, -0.05) is 36.4 Å². The van der Waals surface area contributed by atoms with Crippen LogP contribution in [-0.2, 0) is 16.0 Å². The lowest BCUT2D eigenvalue weighted by atomic mass is 9.97. The molecule has 0 saturated heterocycles. The van der Waals surface area contributed by atoms with Crippen molar-refractivity contribution in [3.05, 3.63) is 65.7 Å². The van der Waals surface area contributed by atoms with E-state index < -0.39 is 0 Å². The van der Waals surface area contributed by atoms with Crippen molar-refractivity contribution < 1.29 is 19.0 Å². The fourth-order valence-electron chi connectivity index (χ4n) is 2.95. The van der Waals surface area contributed by atoms with Gasteiger partial charge in [0.1, 0.15) is 0 Å². The number of unbranched alkanes of at least 4 members (excludes halogenated alkanes) is 1. The van der Waals surface area contributed by atoms with Gasteiger partial charge in [-0.15, -0.1) is 0 Å². The van der Waals surface area contributed by atoms with Crippen LogP contribution in [0.3, 0.4) is 0 Å². The summed E-state index contributed by atoms with van der Waals surface area (Å²) in [5.74, 6) is 1.00. The van der Waals surface area contributed by atoms with E-state index in [9.17, 15) is 4.79 Å². The smallest absolute Gasteiger partial charge is 0.331 e. The highest BCUT2D eigenvalue weighted by Crippen LogP contribution is 2.32. The molecule has 0 radical (unpaired) electrons. The number of esters is 1. The van der Waals surface area contributed by atoms with E-state index in [-0.39, 0.29) is 5.97 Å². The molecule has 2 aromatic rings. The van der Waals surface area contributed by atoms with E-state index in [0.29, 0.717) is 18.1 Å². The molecule has 27 heavy (non-hydrogen) atoms. The van der Waals surface area contributed by atoms with Crippen LogP contribution < -0.4 is 9.47 Å². The number of carbonyl (C=O) groups is 1. The van der Waals surface area contributed by atoms with E-state index in [1.165, 1.54) is 5.56 Å². The van der Waals surface area contributed by atoms with Crippen LogP contribution in [0.2, 0.25) is 0 Å². The molecule has 2 rings (SSSR count). The predicted octanol–water partition coefficient (Wildman–Crippen LogP) is 5.06. The van der Waals surface area contributed by atoms with Crippen molar-refractivity contribution in [1.29, 1.82) is 0 Å². The largest absolute Gasteiger partial charge is 0.493 e. The zero-order chi connectivity index (χ0) is 19.5. The number of methoxy groups -OCH3 is 2. The van der Waals surface area contributed by atoms with Crippen LogP contribution in [0.25, 0.3) is 5.57 Å². The van der Waals surface area contributed by atoms with E-state index in [1.807, 2.05) is 31.2 Å². The molecule has 2 aromatic carbocycles. The van der Waals surface area contributed by atoms with Crippen molar-refractivity contribution in [2.75, 3.05) is 20.8 Å². The van der Waals surface area contributed by atoms with Gasteiger partial charge in [0.15, 0.2) is 11.5 Å². The van der Waals surface area contributed by atoms with Gasteiger partial charge in [0.05, 0.1) is 20.8 Å². The lowest BCUT2D eigenvalue weighted by molar-refractivity contribution is -0.137. The minimum Gasteiger partial charge on any atom is -0.493 e. The number of benzene rings is 2. The van der Waals surface area contributed by atoms with Crippen LogP contribution in [0.5, 0.6) is 11.5 Å². The SMILES string of the molecule is CCOC(=O)C=C(CCCCc1ccccc1)c1ccc(OC)c(OC)c1. The van der Waals surface area contributed by atoms with Crippen LogP contribution >= 0.6 is 0 Å². The van der Waals surface area contributed by atoms with Crippen LogP contribution in [0.15, 0.2) is 54.6 Å². The summed E-state index contributed by atoms with van der Waals surface area (Å²) in [6.07, 6.45) is 5.44. The highest BCUT2D eigenvalue weighted by atomic mass is 16.5. The minimum atomic E-state index is -0.314. The van der Waals surface area contributed by atoms with Crippen molar-refractivity contribution in [3.8, 4) is 11.5 Å². The van der Waals surface area contributed by atoms with E-state index in [1.54, 1.807) is 20.3 Å². The molecular weight excluding hydrogens is 340 g/mol. The summed E-state index contributed by atoms with van der Waals surface area (Å²) >= 11 is 0. The Morgan fingerprint density at radius 2 is 1.70 bits per heavy atom. The number of hydrogen-bond acceptors (Lipinski definition) is 4. The molecule has 4 heteroatoms. The number of ether oxygens (including phenoxy) is 3. The first-order valence-corrected chi connectivity index (χ1v) is 9.31. The maximum Gasteiger partial charge on any atom is 0.331 e. The Kier molecular flexibility index (Phi) is 8.43. The summed E-state index contributed by atoms with van der Waals surface area (Å²) in [6.45, 7) is 2.17. The summed E-state index contributed by atoms with van der Waals surface area (Å²) in [5, 5.41) is 0. The van der Waals surface area contributed by atoms with Gasteiger partial charge in [0.25, 0.3) is 0 Å². The second-order valence-electron chi connectivity index (χ2n) is 6.18. The quantitative estimate of drug-likeness (QED) is 0.334. The molecule has 4 nitrogen and oxygen atoms in total. The van der Waals surface area contributed by atoms with Gasteiger partial charge in [-0.25, -0.2) is 4.79 Å². The Labute approximate surface area is 161 Å². The lowest BCUT2D eigenvalue weighted by Crippen LogP contribution is -2.02. The fourth-order valence-corrected chi connectivity index (χ4v) is 2.95. The Balaban J connectivity index is 2.10. The monoisotopic (exact) mass is 368 g/mol. The summed E-state index contributed by atoms with van der Waals surface area (Å²) in [5.41, 5.74) is 3.22. The van der Waals surface area contributed by atoms with Crippen molar-refractivity contribution in [3.63, 3.8) is 0 Å². The minimum absolute atomic E-state index is 0.314. The third-order valence-corrected chi connectivity index (χ3v) is 4.34. The zero-order valence-electron chi connectivity index (χ0n) is 16.4. The topological polar surface area (TPSA) is 44.8 Å². The molecule has 0 N–H and O–H groups in total. The van der Waals surface area contributed by atoms with Crippen LogP contribution in [0, 0.1) is 0 Å². The summed E-state index contributed by atoms with van der Waals surface area (Å²) in [7, 11) is 3.21. The van der Waals surface area contributed by atoms with Gasteiger partial charge < -0.3 is 14.2 Å². The van der Waals surface area contributed by atoms with Crippen molar-refractivity contribution in [2.45, 2.75) is 32.6 Å². The van der Waals surface area contributed by atoms with Crippen molar-refractivity contribution >= 4 is 11.5 Å². The third-order valence-electron chi connectivity index (χ3n) is 4.34. The Morgan fingerprint density at radius 1 is 0.963 bits per heavy atom. The molecule has 144 valence electrons. The predicted molar refractivity (Wildman–Crippen MR) is 108 cm³/mol. The molecule has 0 spiro atoms. The van der Waals surface area contributed by atoms with E-state index in [0.717, 1.165) is 36.8 Å². The van der Waals surface area contributed by atoms with Gasteiger partial charge in [-0.2, -0.15) is 0 Å². The molecule has 0 atom stereocenters. The molecular formula is C23H28O4. The summed E-state index contributed by atoms with van der Waals surface area (Å²) in [4.78, 5) is 12.0. The van der Waals surface area contributed by atoms with E-state index in [4.69, 9.17) is 14.2 Å². The number of hydrogen-bond donors (Lipinski definition) is 0.